The molecule has 2 rings (SSSR count). The second kappa shape index (κ2) is 3.38. The standard InChI is InChI=1S/C11H9NO2/c13-8-9-3-4-11(14)10(7-9)12-5-1-2-6-12/h1-8,14H. The number of phenolic OH excluding ortho intramolecular Hbond substituents is 1. The fourth-order valence-corrected chi connectivity index (χ4v) is 1.32. The Bertz CT molecular complexity index is 446. The summed E-state index contributed by atoms with van der Waals surface area (Å²) in [7, 11) is 0. The van der Waals surface area contributed by atoms with E-state index in [9.17, 15) is 9.90 Å². The Labute approximate surface area is 81.2 Å². The summed E-state index contributed by atoms with van der Waals surface area (Å²) in [6, 6.07) is 8.44. The minimum atomic E-state index is 0.159. The summed E-state index contributed by atoms with van der Waals surface area (Å²) in [5, 5.41) is 9.57. The molecular weight excluding hydrogens is 178 g/mol. The highest BCUT2D eigenvalue weighted by atomic mass is 16.3. The number of benzene rings is 1. The van der Waals surface area contributed by atoms with E-state index in [0.29, 0.717) is 11.3 Å². The minimum Gasteiger partial charge on any atom is -0.506 e. The number of nitrogens with zero attached hydrogens (tertiary/aromatic N) is 1. The maximum Gasteiger partial charge on any atom is 0.150 e. The van der Waals surface area contributed by atoms with E-state index in [4.69, 9.17) is 0 Å². The van der Waals surface area contributed by atoms with Gasteiger partial charge in [-0.05, 0) is 30.3 Å². The smallest absolute Gasteiger partial charge is 0.150 e. The van der Waals surface area contributed by atoms with Gasteiger partial charge in [0.15, 0.2) is 0 Å². The van der Waals surface area contributed by atoms with E-state index in [1.807, 2.05) is 24.5 Å². The van der Waals surface area contributed by atoms with Gasteiger partial charge in [0.1, 0.15) is 12.0 Å². The molecule has 1 heterocycles. The van der Waals surface area contributed by atoms with Gasteiger partial charge >= 0.3 is 0 Å². The number of aldehydes is 1. The Morgan fingerprint density at radius 3 is 2.57 bits per heavy atom. The predicted molar refractivity (Wildman–Crippen MR) is 52.8 cm³/mol. The molecule has 1 aromatic carbocycles. The third-order valence-electron chi connectivity index (χ3n) is 2.02. The summed E-state index contributed by atoms with van der Waals surface area (Å²) in [6.45, 7) is 0. The predicted octanol–water partition coefficient (Wildman–Crippen LogP) is 2.00. The fraction of sp³-hybridized carbons (Fsp3) is 0. The third-order valence-corrected chi connectivity index (χ3v) is 2.02. The maximum absolute atomic E-state index is 10.5. The van der Waals surface area contributed by atoms with Crippen LogP contribution < -0.4 is 0 Å². The van der Waals surface area contributed by atoms with Crippen molar-refractivity contribution in [3.63, 3.8) is 0 Å². The maximum atomic E-state index is 10.5. The number of rotatable bonds is 2. The highest BCUT2D eigenvalue weighted by Crippen LogP contribution is 2.22. The summed E-state index contributed by atoms with van der Waals surface area (Å²) < 4.78 is 1.75. The van der Waals surface area contributed by atoms with Crippen LogP contribution in [0.15, 0.2) is 42.7 Å². The van der Waals surface area contributed by atoms with Crippen molar-refractivity contribution in [2.24, 2.45) is 0 Å². The quantitative estimate of drug-likeness (QED) is 0.730. The van der Waals surface area contributed by atoms with Gasteiger partial charge in [-0.15, -0.1) is 0 Å². The number of hydrogen-bond acceptors (Lipinski definition) is 2. The molecule has 0 aliphatic heterocycles. The van der Waals surface area contributed by atoms with Gasteiger partial charge < -0.3 is 9.67 Å². The average molecular weight is 187 g/mol. The molecule has 0 atom stereocenters. The molecule has 0 radical (unpaired) electrons. The lowest BCUT2D eigenvalue weighted by atomic mass is 10.2. The van der Waals surface area contributed by atoms with Gasteiger partial charge in [-0.1, -0.05) is 0 Å². The van der Waals surface area contributed by atoms with E-state index in [-0.39, 0.29) is 5.75 Å². The molecular formula is C11H9NO2. The van der Waals surface area contributed by atoms with Crippen LogP contribution in [0.1, 0.15) is 10.4 Å². The van der Waals surface area contributed by atoms with Crippen LogP contribution in [0, 0.1) is 0 Å². The van der Waals surface area contributed by atoms with E-state index in [1.165, 1.54) is 6.07 Å². The SMILES string of the molecule is O=Cc1ccc(O)c(-n2cccc2)c1. The van der Waals surface area contributed by atoms with Gasteiger partial charge in [-0.25, -0.2) is 0 Å². The van der Waals surface area contributed by atoms with Crippen molar-refractivity contribution in [2.75, 3.05) is 0 Å². The highest BCUT2D eigenvalue weighted by molar-refractivity contribution is 5.77. The number of aromatic nitrogens is 1. The number of carbonyl (C=O) groups excluding carboxylic acids is 1. The fourth-order valence-electron chi connectivity index (χ4n) is 1.32. The molecule has 3 nitrogen and oxygen atoms in total. The Morgan fingerprint density at radius 1 is 1.21 bits per heavy atom. The van der Waals surface area contributed by atoms with Gasteiger partial charge in [0, 0.05) is 18.0 Å². The first-order valence-electron chi connectivity index (χ1n) is 4.23. The molecule has 0 unspecified atom stereocenters. The van der Waals surface area contributed by atoms with Gasteiger partial charge in [-0.3, -0.25) is 4.79 Å². The molecule has 2 aromatic rings. The monoisotopic (exact) mass is 187 g/mol. The van der Waals surface area contributed by atoms with Crippen LogP contribution in [-0.4, -0.2) is 16.0 Å². The number of hydrogen-bond donors (Lipinski definition) is 1. The zero-order valence-electron chi connectivity index (χ0n) is 7.42. The average Bonchev–Trinajstić information content (AvgIpc) is 2.71. The molecule has 0 spiro atoms. The lowest BCUT2D eigenvalue weighted by molar-refractivity contribution is 0.112. The Hall–Kier alpha value is -2.03. The Morgan fingerprint density at radius 2 is 1.93 bits per heavy atom. The van der Waals surface area contributed by atoms with E-state index in [2.05, 4.69) is 0 Å². The zero-order valence-corrected chi connectivity index (χ0v) is 7.42. The van der Waals surface area contributed by atoms with Crippen molar-refractivity contribution < 1.29 is 9.90 Å². The Balaban J connectivity index is 2.57. The van der Waals surface area contributed by atoms with Crippen LogP contribution >= 0.6 is 0 Å². The van der Waals surface area contributed by atoms with E-state index in [0.717, 1.165) is 6.29 Å². The second-order valence-corrected chi connectivity index (χ2v) is 2.96. The molecule has 14 heavy (non-hydrogen) atoms. The number of aromatic hydroxyl groups is 1. The second-order valence-electron chi connectivity index (χ2n) is 2.96. The van der Waals surface area contributed by atoms with Crippen molar-refractivity contribution in [1.82, 2.24) is 4.57 Å². The molecule has 1 N–H and O–H groups in total. The lowest BCUT2D eigenvalue weighted by Crippen LogP contribution is -1.92. The van der Waals surface area contributed by atoms with Crippen molar-refractivity contribution in [1.29, 1.82) is 0 Å². The molecule has 0 bridgehead atoms. The van der Waals surface area contributed by atoms with Crippen LogP contribution in [-0.2, 0) is 0 Å². The lowest BCUT2D eigenvalue weighted by Gasteiger charge is -2.05. The molecule has 0 aliphatic carbocycles. The number of phenols is 1. The van der Waals surface area contributed by atoms with Crippen LogP contribution in [0.2, 0.25) is 0 Å². The van der Waals surface area contributed by atoms with E-state index >= 15 is 0 Å². The van der Waals surface area contributed by atoms with Gasteiger partial charge in [0.2, 0.25) is 0 Å². The summed E-state index contributed by atoms with van der Waals surface area (Å²) in [6.07, 6.45) is 4.37. The molecule has 70 valence electrons. The first kappa shape index (κ1) is 8.56. The summed E-state index contributed by atoms with van der Waals surface area (Å²) in [5.74, 6) is 0.159. The summed E-state index contributed by atoms with van der Waals surface area (Å²) in [5.41, 5.74) is 1.16. The van der Waals surface area contributed by atoms with Crippen LogP contribution in [0.4, 0.5) is 0 Å². The normalized spacial score (nSPS) is 10.0. The molecule has 3 heteroatoms. The largest absolute Gasteiger partial charge is 0.506 e. The molecule has 0 saturated carbocycles. The first-order chi connectivity index (χ1) is 6.81. The zero-order chi connectivity index (χ0) is 9.97. The molecule has 0 amide bonds. The molecule has 0 fully saturated rings. The molecule has 0 aliphatic rings. The van der Waals surface area contributed by atoms with Gasteiger partial charge in [0.25, 0.3) is 0 Å². The van der Waals surface area contributed by atoms with Crippen LogP contribution in [0.25, 0.3) is 5.69 Å². The van der Waals surface area contributed by atoms with Gasteiger partial charge in [0.05, 0.1) is 5.69 Å². The van der Waals surface area contributed by atoms with Crippen LogP contribution in [0.3, 0.4) is 0 Å². The first-order valence-corrected chi connectivity index (χ1v) is 4.23. The molecule has 1 aromatic heterocycles. The Kier molecular flexibility index (Phi) is 2.07. The van der Waals surface area contributed by atoms with E-state index in [1.54, 1.807) is 16.7 Å². The van der Waals surface area contributed by atoms with Crippen molar-refractivity contribution in [2.45, 2.75) is 0 Å². The number of carbonyl (C=O) groups is 1. The van der Waals surface area contributed by atoms with Gasteiger partial charge in [-0.2, -0.15) is 0 Å². The topological polar surface area (TPSA) is 42.2 Å². The minimum absolute atomic E-state index is 0.159. The molecule has 0 saturated heterocycles. The summed E-state index contributed by atoms with van der Waals surface area (Å²) in [4.78, 5) is 10.5. The van der Waals surface area contributed by atoms with Crippen LogP contribution in [0.5, 0.6) is 5.75 Å². The third kappa shape index (κ3) is 1.40. The van der Waals surface area contributed by atoms with Crippen molar-refractivity contribution in [3.8, 4) is 11.4 Å². The highest BCUT2D eigenvalue weighted by Gasteiger charge is 2.03. The van der Waals surface area contributed by atoms with Crippen molar-refractivity contribution >= 4 is 6.29 Å². The van der Waals surface area contributed by atoms with Crippen molar-refractivity contribution in [3.05, 3.63) is 48.3 Å². The summed E-state index contributed by atoms with van der Waals surface area (Å²) >= 11 is 0. The van der Waals surface area contributed by atoms with E-state index < -0.39 is 0 Å².